The van der Waals surface area contributed by atoms with Crippen LogP contribution in [0, 0.1) is 11.3 Å². The van der Waals surface area contributed by atoms with Crippen LogP contribution in [0.4, 0.5) is 5.69 Å². The lowest BCUT2D eigenvalue weighted by Gasteiger charge is -2.29. The van der Waals surface area contributed by atoms with Crippen molar-refractivity contribution >= 4 is 17.5 Å². The molecule has 2 amide bonds. The van der Waals surface area contributed by atoms with Crippen LogP contribution in [0.1, 0.15) is 43.7 Å². The van der Waals surface area contributed by atoms with Crippen LogP contribution in [0.3, 0.4) is 0 Å². The number of hydrogen-bond acceptors (Lipinski definition) is 5. The van der Waals surface area contributed by atoms with Gasteiger partial charge in [-0.05, 0) is 44.1 Å². The summed E-state index contributed by atoms with van der Waals surface area (Å²) in [6.07, 6.45) is 2.73. The Labute approximate surface area is 195 Å². The minimum Gasteiger partial charge on any atom is -0.496 e. The molecule has 0 radical (unpaired) electrons. The number of carbonyl (C=O) groups is 2. The van der Waals surface area contributed by atoms with E-state index in [-0.39, 0.29) is 37.1 Å². The van der Waals surface area contributed by atoms with Gasteiger partial charge in [-0.25, -0.2) is 0 Å². The number of nitrogens with one attached hydrogen (secondary N) is 1. The summed E-state index contributed by atoms with van der Waals surface area (Å²) in [5.41, 5.74) is 1.80. The van der Waals surface area contributed by atoms with Crippen molar-refractivity contribution < 1.29 is 14.3 Å². The lowest BCUT2D eigenvalue weighted by molar-refractivity contribution is -0.125. The third kappa shape index (κ3) is 6.80. The minimum atomic E-state index is -0.160. The highest BCUT2D eigenvalue weighted by atomic mass is 16.5. The molecule has 33 heavy (non-hydrogen) atoms. The summed E-state index contributed by atoms with van der Waals surface area (Å²) in [6, 6.07) is 19.3. The highest BCUT2D eigenvalue weighted by molar-refractivity contribution is 5.95. The predicted molar refractivity (Wildman–Crippen MR) is 128 cm³/mol. The van der Waals surface area contributed by atoms with Gasteiger partial charge in [0.25, 0.3) is 0 Å². The number of anilines is 1. The second kappa shape index (κ2) is 12.6. The van der Waals surface area contributed by atoms with Gasteiger partial charge in [0.05, 0.1) is 25.6 Å². The van der Waals surface area contributed by atoms with Crippen molar-refractivity contribution in [3.8, 4) is 11.8 Å². The molecule has 0 bridgehead atoms. The Bertz CT molecular complexity index is 952. The molecule has 1 unspecified atom stereocenters. The first-order valence-electron chi connectivity index (χ1n) is 11.5. The molecule has 1 saturated heterocycles. The Kier molecular flexibility index (Phi) is 9.28. The van der Waals surface area contributed by atoms with Crippen molar-refractivity contribution in [1.82, 2.24) is 10.2 Å². The van der Waals surface area contributed by atoms with Gasteiger partial charge in [0.2, 0.25) is 11.8 Å². The summed E-state index contributed by atoms with van der Waals surface area (Å²) < 4.78 is 5.56. The van der Waals surface area contributed by atoms with E-state index in [9.17, 15) is 9.59 Å². The number of benzene rings is 2. The molecule has 0 saturated carbocycles. The second-order valence-electron chi connectivity index (χ2n) is 8.09. The van der Waals surface area contributed by atoms with E-state index in [4.69, 9.17) is 10.00 Å². The zero-order chi connectivity index (χ0) is 23.5. The van der Waals surface area contributed by atoms with Gasteiger partial charge in [0, 0.05) is 37.2 Å². The molecule has 2 aromatic rings. The van der Waals surface area contributed by atoms with Crippen molar-refractivity contribution in [1.29, 1.82) is 5.26 Å². The quantitative estimate of drug-likeness (QED) is 0.567. The number of hydrogen-bond donors (Lipinski definition) is 1. The topological polar surface area (TPSA) is 85.7 Å². The molecule has 2 aromatic carbocycles. The second-order valence-corrected chi connectivity index (χ2v) is 8.09. The largest absolute Gasteiger partial charge is 0.496 e. The van der Waals surface area contributed by atoms with Gasteiger partial charge in [0.1, 0.15) is 5.75 Å². The molecule has 1 aliphatic rings. The maximum atomic E-state index is 12.8. The fourth-order valence-corrected chi connectivity index (χ4v) is 4.25. The normalized spacial score (nSPS) is 14.3. The molecule has 1 atom stereocenters. The Morgan fingerprint density at radius 3 is 2.48 bits per heavy atom. The molecule has 1 heterocycles. The first-order chi connectivity index (χ1) is 16.1. The number of amides is 2. The van der Waals surface area contributed by atoms with Crippen LogP contribution in [0.15, 0.2) is 54.6 Å². The van der Waals surface area contributed by atoms with Gasteiger partial charge in [-0.1, -0.05) is 36.4 Å². The van der Waals surface area contributed by atoms with Crippen LogP contribution in [0.25, 0.3) is 0 Å². The zero-order valence-electron chi connectivity index (χ0n) is 19.2. The Hall–Kier alpha value is -3.37. The zero-order valence-corrected chi connectivity index (χ0v) is 19.2. The molecule has 0 spiro atoms. The maximum Gasteiger partial charge on any atom is 0.227 e. The number of rotatable bonds is 11. The first-order valence-corrected chi connectivity index (χ1v) is 11.5. The molecule has 1 N–H and O–H groups in total. The molecule has 1 fully saturated rings. The molecule has 7 nitrogen and oxygen atoms in total. The first kappa shape index (κ1) is 24.3. The van der Waals surface area contributed by atoms with Crippen molar-refractivity contribution in [2.24, 2.45) is 0 Å². The van der Waals surface area contributed by atoms with Crippen molar-refractivity contribution in [2.45, 2.75) is 38.1 Å². The van der Waals surface area contributed by atoms with Crippen LogP contribution >= 0.6 is 0 Å². The van der Waals surface area contributed by atoms with Gasteiger partial charge in [-0.2, -0.15) is 5.26 Å². The number of methoxy groups -OCH3 is 1. The predicted octanol–water partition coefficient (Wildman–Crippen LogP) is 3.68. The SMILES string of the molecule is COc1ccccc1C(CNC(=O)CCC(=O)N(CCC#N)c1ccccc1)N1CCCC1. The Morgan fingerprint density at radius 1 is 1.09 bits per heavy atom. The average Bonchev–Trinajstić information content (AvgIpc) is 3.39. The molecule has 1 aliphatic heterocycles. The fourth-order valence-electron chi connectivity index (χ4n) is 4.25. The summed E-state index contributed by atoms with van der Waals surface area (Å²) >= 11 is 0. The maximum absolute atomic E-state index is 12.8. The van der Waals surface area contributed by atoms with Crippen LogP contribution in [-0.4, -0.2) is 50.0 Å². The number of nitriles is 1. The van der Waals surface area contributed by atoms with Crippen molar-refractivity contribution in [2.75, 3.05) is 38.2 Å². The van der Waals surface area contributed by atoms with Crippen LogP contribution in [0.2, 0.25) is 0 Å². The fraction of sp³-hybridized carbons (Fsp3) is 0.423. The van der Waals surface area contributed by atoms with E-state index in [1.807, 2.05) is 54.6 Å². The van der Waals surface area contributed by atoms with Gasteiger partial charge < -0.3 is 15.0 Å². The Morgan fingerprint density at radius 2 is 1.79 bits per heavy atom. The van der Waals surface area contributed by atoms with E-state index in [1.165, 1.54) is 0 Å². The monoisotopic (exact) mass is 448 g/mol. The number of likely N-dealkylation sites (tertiary alicyclic amines) is 1. The molecule has 7 heteroatoms. The molecule has 0 aliphatic carbocycles. The average molecular weight is 449 g/mol. The van der Waals surface area contributed by atoms with Crippen LogP contribution < -0.4 is 15.0 Å². The van der Waals surface area contributed by atoms with Crippen LogP contribution in [-0.2, 0) is 9.59 Å². The number of para-hydroxylation sites is 2. The number of carbonyl (C=O) groups excluding carboxylic acids is 2. The van der Waals surface area contributed by atoms with E-state index < -0.39 is 0 Å². The minimum absolute atomic E-state index is 0.0275. The summed E-state index contributed by atoms with van der Waals surface area (Å²) in [4.78, 5) is 29.4. The van der Waals surface area contributed by atoms with Gasteiger partial charge >= 0.3 is 0 Å². The van der Waals surface area contributed by atoms with Crippen molar-refractivity contribution in [3.63, 3.8) is 0 Å². The summed E-state index contributed by atoms with van der Waals surface area (Å²) in [7, 11) is 1.66. The highest BCUT2D eigenvalue weighted by Crippen LogP contribution is 2.31. The molecule has 3 rings (SSSR count). The standard InChI is InChI=1S/C26H32N4O3/c1-33-24-13-6-5-12-22(24)23(29-17-7-8-18-29)20-28-25(31)14-15-26(32)30(19-9-16-27)21-10-3-2-4-11-21/h2-6,10-13,23H,7-9,14-15,17-20H2,1H3,(H,28,31). The van der Waals surface area contributed by atoms with E-state index in [1.54, 1.807) is 12.0 Å². The third-order valence-corrected chi connectivity index (χ3v) is 5.95. The van der Waals surface area contributed by atoms with E-state index >= 15 is 0 Å². The molecular formula is C26H32N4O3. The molecule has 0 aromatic heterocycles. The number of nitrogens with zero attached hydrogens (tertiary/aromatic N) is 3. The van der Waals surface area contributed by atoms with Gasteiger partial charge in [0.15, 0.2) is 0 Å². The van der Waals surface area contributed by atoms with Gasteiger partial charge in [-0.15, -0.1) is 0 Å². The summed E-state index contributed by atoms with van der Waals surface area (Å²) in [6.45, 7) is 2.75. The van der Waals surface area contributed by atoms with Gasteiger partial charge in [-0.3, -0.25) is 14.5 Å². The van der Waals surface area contributed by atoms with Crippen LogP contribution in [0.5, 0.6) is 5.75 Å². The molecular weight excluding hydrogens is 416 g/mol. The lowest BCUT2D eigenvalue weighted by atomic mass is 10.0. The highest BCUT2D eigenvalue weighted by Gasteiger charge is 2.26. The number of ether oxygens (including phenoxy) is 1. The third-order valence-electron chi connectivity index (χ3n) is 5.95. The smallest absolute Gasteiger partial charge is 0.227 e. The summed E-state index contributed by atoms with van der Waals surface area (Å²) in [5.74, 6) is 0.498. The van der Waals surface area contributed by atoms with E-state index in [0.717, 1.165) is 42.9 Å². The van der Waals surface area contributed by atoms with Crippen molar-refractivity contribution in [3.05, 3.63) is 60.2 Å². The lowest BCUT2D eigenvalue weighted by Crippen LogP contribution is -2.38. The molecule has 174 valence electrons. The Balaban J connectivity index is 1.59. The van der Waals surface area contributed by atoms with E-state index in [2.05, 4.69) is 16.3 Å². The summed E-state index contributed by atoms with van der Waals surface area (Å²) in [5, 5.41) is 12.0. The van der Waals surface area contributed by atoms with E-state index in [0.29, 0.717) is 13.1 Å².